The number of hydrogen-bond acceptors (Lipinski definition) is 3. The van der Waals surface area contributed by atoms with E-state index in [2.05, 4.69) is 10.6 Å². The van der Waals surface area contributed by atoms with Crippen LogP contribution in [0.4, 0.5) is 4.79 Å². The molecule has 0 radical (unpaired) electrons. The third kappa shape index (κ3) is 5.51. The van der Waals surface area contributed by atoms with Crippen molar-refractivity contribution in [3.05, 3.63) is 0 Å². The molecule has 2 atom stereocenters. The lowest BCUT2D eigenvalue weighted by Crippen LogP contribution is -2.54. The van der Waals surface area contributed by atoms with E-state index in [1.807, 2.05) is 6.92 Å². The summed E-state index contributed by atoms with van der Waals surface area (Å²) in [5.74, 6) is -1.81. The van der Waals surface area contributed by atoms with Crippen LogP contribution in [-0.4, -0.2) is 35.1 Å². The number of carbonyl (C=O) groups is 3. The zero-order valence-corrected chi connectivity index (χ0v) is 10.9. The maximum Gasteiger partial charge on any atom is 0.326 e. The lowest BCUT2D eigenvalue weighted by molar-refractivity contribution is -0.142. The number of urea groups is 1. The fraction of sp³-hybridized carbons (Fsp3) is 0.727. The molecule has 1 unspecified atom stereocenters. The molecule has 3 amide bonds. The Bertz CT molecular complexity index is 317. The van der Waals surface area contributed by atoms with Crippen LogP contribution < -0.4 is 16.4 Å². The maximum absolute atomic E-state index is 11.9. The zero-order valence-electron chi connectivity index (χ0n) is 10.9. The third-order valence-electron chi connectivity index (χ3n) is 2.44. The summed E-state index contributed by atoms with van der Waals surface area (Å²) in [6.07, 6.45) is 0.968. The molecule has 0 fully saturated rings. The first-order valence-electron chi connectivity index (χ1n) is 5.88. The lowest BCUT2D eigenvalue weighted by Gasteiger charge is -2.23. The van der Waals surface area contributed by atoms with Crippen LogP contribution in [0, 0.1) is 5.92 Å². The van der Waals surface area contributed by atoms with Crippen LogP contribution in [0.3, 0.4) is 0 Å². The van der Waals surface area contributed by atoms with Gasteiger partial charge in [-0.15, -0.1) is 0 Å². The Morgan fingerprint density at radius 3 is 2.11 bits per heavy atom. The number of aliphatic carboxylic acids is 1. The van der Waals surface area contributed by atoms with Crippen LogP contribution in [0.5, 0.6) is 0 Å². The van der Waals surface area contributed by atoms with Crippen molar-refractivity contribution < 1.29 is 19.5 Å². The van der Waals surface area contributed by atoms with Crippen LogP contribution in [-0.2, 0) is 9.59 Å². The van der Waals surface area contributed by atoms with Gasteiger partial charge in [-0.2, -0.15) is 0 Å². The zero-order chi connectivity index (χ0) is 14.3. The van der Waals surface area contributed by atoms with E-state index in [9.17, 15) is 14.4 Å². The first kappa shape index (κ1) is 16.2. The van der Waals surface area contributed by atoms with Gasteiger partial charge in [0.15, 0.2) is 0 Å². The van der Waals surface area contributed by atoms with Crippen molar-refractivity contribution in [2.75, 3.05) is 0 Å². The Balaban J connectivity index is 4.66. The summed E-state index contributed by atoms with van der Waals surface area (Å²) in [7, 11) is 0. The van der Waals surface area contributed by atoms with E-state index in [0.717, 1.165) is 0 Å². The molecule has 18 heavy (non-hydrogen) atoms. The summed E-state index contributed by atoms with van der Waals surface area (Å²) in [6, 6.07) is -2.59. The Kier molecular flexibility index (Phi) is 6.77. The molecular weight excluding hydrogens is 238 g/mol. The summed E-state index contributed by atoms with van der Waals surface area (Å²) in [4.78, 5) is 33.6. The smallest absolute Gasteiger partial charge is 0.326 e. The van der Waals surface area contributed by atoms with Crippen molar-refractivity contribution in [2.45, 2.75) is 45.7 Å². The largest absolute Gasteiger partial charge is 0.480 e. The maximum atomic E-state index is 11.9. The average molecular weight is 259 g/mol. The highest BCUT2D eigenvalue weighted by Crippen LogP contribution is 2.04. The van der Waals surface area contributed by atoms with Gasteiger partial charge < -0.3 is 21.5 Å². The van der Waals surface area contributed by atoms with Crippen molar-refractivity contribution in [1.82, 2.24) is 10.6 Å². The topological polar surface area (TPSA) is 122 Å². The number of carboxylic acid groups (broad SMARTS) is 1. The minimum atomic E-state index is -1.09. The van der Waals surface area contributed by atoms with Gasteiger partial charge in [0.2, 0.25) is 5.91 Å². The highest BCUT2D eigenvalue weighted by molar-refractivity contribution is 5.89. The van der Waals surface area contributed by atoms with E-state index in [1.54, 1.807) is 13.8 Å². The summed E-state index contributed by atoms with van der Waals surface area (Å²) < 4.78 is 0. The molecule has 0 saturated heterocycles. The van der Waals surface area contributed by atoms with E-state index in [-0.39, 0.29) is 5.92 Å². The van der Waals surface area contributed by atoms with Gasteiger partial charge in [0.25, 0.3) is 0 Å². The van der Waals surface area contributed by atoms with Gasteiger partial charge in [0.1, 0.15) is 12.1 Å². The molecule has 0 aliphatic carbocycles. The van der Waals surface area contributed by atoms with Crippen LogP contribution in [0.25, 0.3) is 0 Å². The highest BCUT2D eigenvalue weighted by Gasteiger charge is 2.27. The van der Waals surface area contributed by atoms with Crippen molar-refractivity contribution in [3.63, 3.8) is 0 Å². The molecule has 104 valence electrons. The van der Waals surface area contributed by atoms with E-state index < -0.39 is 30.0 Å². The lowest BCUT2D eigenvalue weighted by atomic mass is 10.0. The molecule has 0 spiro atoms. The molecule has 0 aliphatic rings. The van der Waals surface area contributed by atoms with E-state index in [1.165, 1.54) is 0 Å². The molecule has 0 aliphatic heterocycles. The minimum Gasteiger partial charge on any atom is -0.480 e. The highest BCUT2D eigenvalue weighted by atomic mass is 16.4. The van der Waals surface area contributed by atoms with Crippen molar-refractivity contribution in [1.29, 1.82) is 0 Å². The number of carboxylic acids is 1. The predicted octanol–water partition coefficient (Wildman–Crippen LogP) is 0.0488. The summed E-state index contributed by atoms with van der Waals surface area (Å²) >= 11 is 0. The molecule has 0 heterocycles. The molecule has 7 heteroatoms. The van der Waals surface area contributed by atoms with Gasteiger partial charge in [-0.25, -0.2) is 9.59 Å². The van der Waals surface area contributed by atoms with Crippen molar-refractivity contribution in [3.8, 4) is 0 Å². The van der Waals surface area contributed by atoms with Crippen LogP contribution in [0.15, 0.2) is 0 Å². The molecule has 0 saturated carbocycles. The van der Waals surface area contributed by atoms with Crippen molar-refractivity contribution in [2.24, 2.45) is 11.7 Å². The standard InChI is InChI=1S/C11H21N3O4/c1-4-5-7(10(16)17)13-9(15)8(6(2)3)14-11(12)18/h6-8H,4-5H2,1-3H3,(H,13,15)(H,16,17)(H3,12,14,18)/t7-,8?/m1/s1. The normalized spacial score (nSPS) is 13.8. The monoisotopic (exact) mass is 259 g/mol. The summed E-state index contributed by atoms with van der Waals surface area (Å²) in [5.41, 5.74) is 4.97. The average Bonchev–Trinajstić information content (AvgIpc) is 2.24. The Morgan fingerprint density at radius 2 is 1.78 bits per heavy atom. The molecular formula is C11H21N3O4. The van der Waals surface area contributed by atoms with Gasteiger partial charge in [0, 0.05) is 0 Å². The van der Waals surface area contributed by atoms with Gasteiger partial charge >= 0.3 is 12.0 Å². The second kappa shape index (κ2) is 7.52. The van der Waals surface area contributed by atoms with Crippen molar-refractivity contribution >= 4 is 17.9 Å². The van der Waals surface area contributed by atoms with Gasteiger partial charge in [0.05, 0.1) is 0 Å². The van der Waals surface area contributed by atoms with E-state index in [0.29, 0.717) is 12.8 Å². The molecule has 0 rings (SSSR count). The third-order valence-corrected chi connectivity index (χ3v) is 2.44. The Morgan fingerprint density at radius 1 is 1.22 bits per heavy atom. The van der Waals surface area contributed by atoms with E-state index in [4.69, 9.17) is 10.8 Å². The van der Waals surface area contributed by atoms with Crippen LogP contribution in [0.1, 0.15) is 33.6 Å². The Labute approximate surface area is 106 Å². The molecule has 0 bridgehead atoms. The Hall–Kier alpha value is -1.79. The second-order valence-corrected chi connectivity index (χ2v) is 4.42. The fourth-order valence-corrected chi connectivity index (χ4v) is 1.50. The summed E-state index contributed by atoms with van der Waals surface area (Å²) in [6.45, 7) is 5.29. The molecule has 5 N–H and O–H groups in total. The van der Waals surface area contributed by atoms with Gasteiger partial charge in [-0.1, -0.05) is 27.2 Å². The number of hydrogen-bond donors (Lipinski definition) is 4. The van der Waals surface area contributed by atoms with Gasteiger partial charge in [-0.3, -0.25) is 4.79 Å². The van der Waals surface area contributed by atoms with Gasteiger partial charge in [-0.05, 0) is 12.3 Å². The number of rotatable bonds is 7. The molecule has 0 aromatic carbocycles. The molecule has 0 aromatic rings. The summed E-state index contributed by atoms with van der Waals surface area (Å²) in [5, 5.41) is 13.6. The number of nitrogens with one attached hydrogen (secondary N) is 2. The first-order valence-corrected chi connectivity index (χ1v) is 5.88. The quantitative estimate of drug-likeness (QED) is 0.516. The number of primary amides is 1. The second-order valence-electron chi connectivity index (χ2n) is 4.42. The molecule has 7 nitrogen and oxygen atoms in total. The number of carbonyl (C=O) groups excluding carboxylic acids is 2. The van der Waals surface area contributed by atoms with E-state index >= 15 is 0 Å². The number of nitrogens with two attached hydrogens (primary N) is 1. The SMILES string of the molecule is CCC[C@@H](NC(=O)C(NC(N)=O)C(C)C)C(=O)O. The number of amides is 3. The fourth-order valence-electron chi connectivity index (χ4n) is 1.50. The van der Waals surface area contributed by atoms with Crippen LogP contribution >= 0.6 is 0 Å². The first-order chi connectivity index (χ1) is 8.29. The minimum absolute atomic E-state index is 0.187. The predicted molar refractivity (Wildman–Crippen MR) is 65.8 cm³/mol. The molecule has 0 aromatic heterocycles. The van der Waals surface area contributed by atoms with Crippen LogP contribution in [0.2, 0.25) is 0 Å².